The third kappa shape index (κ3) is 4.38. The lowest BCUT2D eigenvalue weighted by atomic mass is 9.88. The molecule has 39 heavy (non-hydrogen) atoms. The number of ether oxygens (including phenoxy) is 3. The van der Waals surface area contributed by atoms with Gasteiger partial charge in [-0.3, -0.25) is 9.69 Å². The molecule has 0 aliphatic carbocycles. The number of carbonyl (C=O) groups excluding carboxylic acids is 1. The topological polar surface area (TPSA) is 64.1 Å². The van der Waals surface area contributed by atoms with Crippen LogP contribution in [0.15, 0.2) is 42.5 Å². The predicted octanol–water partition coefficient (Wildman–Crippen LogP) is 4.37. The zero-order valence-electron chi connectivity index (χ0n) is 22.9. The van der Waals surface area contributed by atoms with Crippen molar-refractivity contribution in [1.82, 2.24) is 9.88 Å². The van der Waals surface area contributed by atoms with Crippen LogP contribution in [0.2, 0.25) is 0 Å². The van der Waals surface area contributed by atoms with E-state index in [9.17, 15) is 4.79 Å². The van der Waals surface area contributed by atoms with E-state index in [0.717, 1.165) is 61.1 Å². The summed E-state index contributed by atoms with van der Waals surface area (Å²) in [5.74, 6) is 1.59. The molecule has 4 aliphatic rings. The highest BCUT2D eigenvalue weighted by Crippen LogP contribution is 2.36. The van der Waals surface area contributed by atoms with Crippen LogP contribution < -0.4 is 9.64 Å². The minimum Gasteiger partial charge on any atom is -0.488 e. The number of aryl methyl sites for hydroxylation is 2. The van der Waals surface area contributed by atoms with Crippen LogP contribution >= 0.6 is 0 Å². The number of benzene rings is 2. The number of rotatable bonds is 6. The van der Waals surface area contributed by atoms with Gasteiger partial charge in [0.25, 0.3) is 0 Å². The first-order chi connectivity index (χ1) is 18.9. The highest BCUT2D eigenvalue weighted by molar-refractivity contribution is 5.81. The molecule has 0 N–H and O–H groups in total. The van der Waals surface area contributed by atoms with E-state index in [1.165, 1.54) is 27.8 Å². The van der Waals surface area contributed by atoms with Gasteiger partial charge in [-0.1, -0.05) is 23.8 Å². The molecule has 7 rings (SSSR count). The number of anilines is 1. The number of fused-ring (bicyclic) bond motifs is 2. The number of nitrogens with zero attached hydrogens (tertiary/aromatic N) is 3. The Labute approximate surface area is 229 Å². The molecule has 0 bridgehead atoms. The Morgan fingerprint density at radius 2 is 1.92 bits per heavy atom. The van der Waals surface area contributed by atoms with Crippen LogP contribution in [0.1, 0.15) is 33.4 Å². The van der Waals surface area contributed by atoms with Gasteiger partial charge in [0.1, 0.15) is 30.2 Å². The molecule has 3 saturated heterocycles. The molecule has 1 unspecified atom stereocenters. The Morgan fingerprint density at radius 1 is 1.05 bits per heavy atom. The zero-order valence-corrected chi connectivity index (χ0v) is 22.9. The summed E-state index contributed by atoms with van der Waals surface area (Å²) in [5, 5.41) is 0. The highest BCUT2D eigenvalue weighted by atomic mass is 16.6. The predicted molar refractivity (Wildman–Crippen MR) is 149 cm³/mol. The van der Waals surface area contributed by atoms with Gasteiger partial charge in [0.05, 0.1) is 31.5 Å². The van der Waals surface area contributed by atoms with E-state index in [-0.39, 0.29) is 18.0 Å². The quantitative estimate of drug-likeness (QED) is 0.443. The first kappa shape index (κ1) is 24.6. The van der Waals surface area contributed by atoms with Gasteiger partial charge >= 0.3 is 5.97 Å². The molecule has 0 saturated carbocycles. The average Bonchev–Trinajstić information content (AvgIpc) is 3.26. The van der Waals surface area contributed by atoms with Crippen LogP contribution in [0, 0.1) is 26.7 Å². The lowest BCUT2D eigenvalue weighted by Crippen LogP contribution is -2.50. The third-order valence-corrected chi connectivity index (χ3v) is 9.00. The van der Waals surface area contributed by atoms with Crippen molar-refractivity contribution in [3.63, 3.8) is 0 Å². The molecule has 7 heteroatoms. The number of hydrogen-bond donors (Lipinski definition) is 0. The van der Waals surface area contributed by atoms with Gasteiger partial charge in [0.15, 0.2) is 0 Å². The van der Waals surface area contributed by atoms with Gasteiger partial charge in [-0.15, -0.1) is 0 Å². The van der Waals surface area contributed by atoms with Crippen LogP contribution in [-0.2, 0) is 33.8 Å². The normalized spacial score (nSPS) is 22.5. The van der Waals surface area contributed by atoms with E-state index in [4.69, 9.17) is 19.2 Å². The maximum absolute atomic E-state index is 11.7. The number of hydrogen-bond acceptors (Lipinski definition) is 7. The Bertz CT molecular complexity index is 1450. The second-order valence-corrected chi connectivity index (χ2v) is 11.5. The largest absolute Gasteiger partial charge is 0.488 e. The van der Waals surface area contributed by atoms with E-state index in [1.807, 2.05) is 18.2 Å². The van der Waals surface area contributed by atoms with Crippen molar-refractivity contribution >= 4 is 11.8 Å². The summed E-state index contributed by atoms with van der Waals surface area (Å²) < 4.78 is 17.2. The summed E-state index contributed by atoms with van der Waals surface area (Å²) in [7, 11) is 0. The molecule has 3 aromatic rings. The molecule has 2 atom stereocenters. The molecular weight excluding hydrogens is 490 g/mol. The Kier molecular flexibility index (Phi) is 6.09. The Hall–Kier alpha value is -3.42. The van der Waals surface area contributed by atoms with Crippen molar-refractivity contribution < 1.29 is 19.0 Å². The number of esters is 1. The van der Waals surface area contributed by atoms with Gasteiger partial charge in [0.2, 0.25) is 0 Å². The molecule has 202 valence electrons. The fourth-order valence-corrected chi connectivity index (χ4v) is 6.45. The van der Waals surface area contributed by atoms with Crippen LogP contribution in [0.4, 0.5) is 5.82 Å². The highest BCUT2D eigenvalue weighted by Gasteiger charge is 2.49. The van der Waals surface area contributed by atoms with Gasteiger partial charge in [-0.2, -0.15) is 0 Å². The van der Waals surface area contributed by atoms with Crippen LogP contribution in [0.3, 0.4) is 0 Å². The maximum Gasteiger partial charge on any atom is 0.314 e. The number of carbonyl (C=O) groups is 1. The monoisotopic (exact) mass is 525 g/mol. The second kappa shape index (κ2) is 9.65. The minimum atomic E-state index is -0.0916. The second-order valence-electron chi connectivity index (χ2n) is 11.5. The van der Waals surface area contributed by atoms with Crippen LogP contribution in [0.5, 0.6) is 5.75 Å². The van der Waals surface area contributed by atoms with Gasteiger partial charge in [0, 0.05) is 25.2 Å². The molecular formula is C32H35N3O4. The number of aromatic nitrogens is 1. The van der Waals surface area contributed by atoms with Crippen LogP contribution in [-0.4, -0.2) is 60.8 Å². The summed E-state index contributed by atoms with van der Waals surface area (Å²) in [4.78, 5) is 21.5. The molecule has 0 spiro atoms. The van der Waals surface area contributed by atoms with Crippen LogP contribution in [0.25, 0.3) is 11.3 Å². The summed E-state index contributed by atoms with van der Waals surface area (Å²) in [5.41, 5.74) is 9.93. The standard InChI is InChI=1S/C32H35N3O4/c1-19-7-8-29(25(11-19)28-5-4-6-31(33-28)35-14-27-30(15-35)39-32(27)36)38-16-22-12-20(2)26-13-34(23-17-37-18-23)10-9-24(26)21(22)3/h4-8,11-12,23,27,30H,9-10,13-18H2,1-3H3/t27?,30-/m0/s1. The fraction of sp³-hybridized carbons (Fsp3) is 0.438. The molecule has 0 radical (unpaired) electrons. The minimum absolute atomic E-state index is 0.000526. The number of pyridine rings is 1. The third-order valence-electron chi connectivity index (χ3n) is 9.00. The smallest absolute Gasteiger partial charge is 0.314 e. The fourth-order valence-electron chi connectivity index (χ4n) is 6.45. The van der Waals surface area contributed by atoms with Crippen molar-refractivity contribution in [3.8, 4) is 17.0 Å². The Balaban J connectivity index is 1.12. The Morgan fingerprint density at radius 3 is 2.69 bits per heavy atom. The van der Waals surface area contributed by atoms with Crippen molar-refractivity contribution in [2.24, 2.45) is 5.92 Å². The zero-order chi connectivity index (χ0) is 26.7. The van der Waals surface area contributed by atoms with Crippen molar-refractivity contribution in [3.05, 3.63) is 75.8 Å². The molecule has 1 aromatic heterocycles. The molecule has 3 fully saturated rings. The van der Waals surface area contributed by atoms with Crippen molar-refractivity contribution in [2.75, 3.05) is 37.7 Å². The van der Waals surface area contributed by atoms with E-state index in [2.05, 4.69) is 54.8 Å². The molecule has 2 aromatic carbocycles. The van der Waals surface area contributed by atoms with Gasteiger partial charge in [-0.05, 0) is 79.3 Å². The first-order valence-electron chi connectivity index (χ1n) is 14.0. The maximum atomic E-state index is 11.7. The van der Waals surface area contributed by atoms with Gasteiger partial charge in [-0.25, -0.2) is 4.98 Å². The molecule has 4 aliphatic heterocycles. The van der Waals surface area contributed by atoms with E-state index >= 15 is 0 Å². The van der Waals surface area contributed by atoms with Crippen molar-refractivity contribution in [1.29, 1.82) is 0 Å². The molecule has 7 nitrogen and oxygen atoms in total. The average molecular weight is 526 g/mol. The van der Waals surface area contributed by atoms with Gasteiger partial charge < -0.3 is 19.1 Å². The van der Waals surface area contributed by atoms with Crippen molar-refractivity contribution in [2.45, 2.75) is 52.5 Å². The SMILES string of the molecule is Cc1ccc(OCc2cc(C)c3c(c2C)CCN(C2COC2)C3)c(-c2cccc(N3CC4C(=O)O[C@H]4C3)n2)c1. The summed E-state index contributed by atoms with van der Waals surface area (Å²) in [6.45, 7) is 12.3. The van der Waals surface area contributed by atoms with E-state index < -0.39 is 0 Å². The summed E-state index contributed by atoms with van der Waals surface area (Å²) in [6, 6.07) is 15.2. The summed E-state index contributed by atoms with van der Waals surface area (Å²) in [6.07, 6.45) is 1.08. The summed E-state index contributed by atoms with van der Waals surface area (Å²) >= 11 is 0. The lowest BCUT2D eigenvalue weighted by molar-refractivity contribution is -0.177. The van der Waals surface area contributed by atoms with E-state index in [0.29, 0.717) is 25.7 Å². The molecule has 5 heterocycles. The van der Waals surface area contributed by atoms with E-state index in [1.54, 1.807) is 0 Å². The first-order valence-corrected chi connectivity index (χ1v) is 14.0. The lowest BCUT2D eigenvalue weighted by Gasteiger charge is -2.41. The molecule has 0 amide bonds.